The van der Waals surface area contributed by atoms with Gasteiger partial charge in [0.15, 0.2) is 12.6 Å². The number of carbonyl (C=O) groups excluding carboxylic acids is 1. The molecule has 68 heavy (non-hydrogen) atoms. The van der Waals surface area contributed by atoms with Crippen molar-refractivity contribution < 1.29 is 64.6 Å². The Morgan fingerprint density at radius 2 is 0.926 bits per heavy atom. The lowest BCUT2D eigenvalue weighted by Gasteiger charge is -2.46. The van der Waals surface area contributed by atoms with Crippen LogP contribution in [-0.2, 0) is 23.7 Å². The van der Waals surface area contributed by atoms with E-state index in [-0.39, 0.29) is 18.9 Å². The van der Waals surface area contributed by atoms with Gasteiger partial charge in [-0.15, -0.1) is 0 Å². The largest absolute Gasteiger partial charge is 0.394 e. The summed E-state index contributed by atoms with van der Waals surface area (Å²) in [5.41, 5.74) is 0. The van der Waals surface area contributed by atoms with Crippen molar-refractivity contribution >= 4 is 5.91 Å². The quantitative estimate of drug-likeness (QED) is 0.0208. The topological polar surface area (TPSA) is 228 Å². The number of hydrogen-bond acceptors (Lipinski definition) is 13. The van der Waals surface area contributed by atoms with Crippen LogP contribution in [0.15, 0.2) is 24.3 Å². The van der Waals surface area contributed by atoms with Gasteiger partial charge in [0.25, 0.3) is 0 Å². The van der Waals surface area contributed by atoms with Gasteiger partial charge in [-0.05, 0) is 44.9 Å². The summed E-state index contributed by atoms with van der Waals surface area (Å²) in [6, 6.07) is -0.911. The van der Waals surface area contributed by atoms with E-state index >= 15 is 0 Å². The normalized spacial score (nSPS) is 26.5. The van der Waals surface area contributed by atoms with Crippen molar-refractivity contribution in [1.29, 1.82) is 0 Å². The first-order valence-corrected chi connectivity index (χ1v) is 27.6. The Labute approximate surface area is 411 Å². The van der Waals surface area contributed by atoms with Crippen LogP contribution in [0.1, 0.15) is 219 Å². The fourth-order valence-corrected chi connectivity index (χ4v) is 9.11. The molecular formula is C54H101NO13. The summed E-state index contributed by atoms with van der Waals surface area (Å²) in [4.78, 5) is 13.2. The number of carbonyl (C=O) groups is 1. The van der Waals surface area contributed by atoms with Crippen molar-refractivity contribution in [3.63, 3.8) is 0 Å². The van der Waals surface area contributed by atoms with E-state index in [2.05, 4.69) is 31.3 Å². The van der Waals surface area contributed by atoms with Crippen molar-refractivity contribution in [1.82, 2.24) is 5.32 Å². The van der Waals surface area contributed by atoms with Gasteiger partial charge in [0.1, 0.15) is 48.8 Å². The monoisotopic (exact) mass is 972 g/mol. The Hall–Kier alpha value is -1.53. The van der Waals surface area contributed by atoms with Crippen LogP contribution in [0.3, 0.4) is 0 Å². The Bertz CT molecular complexity index is 1240. The number of unbranched alkanes of at least 4 members (excludes halogenated alkanes) is 28. The molecular weight excluding hydrogens is 871 g/mol. The van der Waals surface area contributed by atoms with Gasteiger partial charge in [0.2, 0.25) is 5.91 Å². The van der Waals surface area contributed by atoms with Crippen molar-refractivity contribution in [3.05, 3.63) is 24.3 Å². The number of hydrogen-bond donors (Lipinski definition) is 9. The molecule has 2 aliphatic rings. The van der Waals surface area contributed by atoms with E-state index in [1.807, 2.05) is 6.08 Å². The maximum absolute atomic E-state index is 13.2. The molecule has 0 aromatic carbocycles. The van der Waals surface area contributed by atoms with Crippen LogP contribution in [0.25, 0.3) is 0 Å². The molecule has 2 rings (SSSR count). The van der Waals surface area contributed by atoms with Crippen molar-refractivity contribution in [2.24, 2.45) is 0 Å². The van der Waals surface area contributed by atoms with E-state index in [0.29, 0.717) is 6.42 Å². The molecule has 0 spiro atoms. The fourth-order valence-electron chi connectivity index (χ4n) is 9.11. The molecule has 0 aromatic heterocycles. The number of amides is 1. The first-order chi connectivity index (χ1) is 33.1. The Morgan fingerprint density at radius 1 is 0.515 bits per heavy atom. The van der Waals surface area contributed by atoms with E-state index in [1.54, 1.807) is 6.08 Å². The predicted octanol–water partition coefficient (Wildman–Crippen LogP) is 8.11. The zero-order valence-electron chi connectivity index (χ0n) is 42.6. The molecule has 1 unspecified atom stereocenters. The van der Waals surface area contributed by atoms with Gasteiger partial charge in [0.05, 0.1) is 32.0 Å². The van der Waals surface area contributed by atoms with Gasteiger partial charge in [-0.25, -0.2) is 0 Å². The lowest BCUT2D eigenvalue weighted by Crippen LogP contribution is -2.65. The molecule has 1 amide bonds. The van der Waals surface area contributed by atoms with Crippen LogP contribution in [0.4, 0.5) is 0 Å². The van der Waals surface area contributed by atoms with Crippen molar-refractivity contribution in [2.45, 2.75) is 293 Å². The average Bonchev–Trinajstić information content (AvgIpc) is 3.34. The molecule has 0 bridgehead atoms. The van der Waals surface area contributed by atoms with E-state index in [1.165, 1.54) is 154 Å². The Kier molecular flexibility index (Phi) is 37.7. The second kappa shape index (κ2) is 41.0. The number of allylic oxidation sites excluding steroid dienone is 3. The number of aliphatic hydroxyl groups is 8. The van der Waals surface area contributed by atoms with Gasteiger partial charge in [-0.2, -0.15) is 0 Å². The second-order valence-electron chi connectivity index (χ2n) is 19.7. The highest BCUT2D eigenvalue weighted by Crippen LogP contribution is 2.30. The van der Waals surface area contributed by atoms with Crippen LogP contribution in [0, 0.1) is 0 Å². The third kappa shape index (κ3) is 27.3. The van der Waals surface area contributed by atoms with Crippen LogP contribution in [0.5, 0.6) is 0 Å². The maximum atomic E-state index is 13.2. The molecule has 2 fully saturated rings. The highest BCUT2D eigenvalue weighted by Gasteiger charge is 2.51. The highest BCUT2D eigenvalue weighted by molar-refractivity contribution is 5.76. The summed E-state index contributed by atoms with van der Waals surface area (Å²) in [6.07, 6.45) is 29.3. The first-order valence-electron chi connectivity index (χ1n) is 27.6. The van der Waals surface area contributed by atoms with Gasteiger partial charge < -0.3 is 65.1 Å². The summed E-state index contributed by atoms with van der Waals surface area (Å²) >= 11 is 0. The number of nitrogens with one attached hydrogen (secondary N) is 1. The summed E-state index contributed by atoms with van der Waals surface area (Å²) in [5.74, 6) is -0.240. The van der Waals surface area contributed by atoms with Gasteiger partial charge in [-0.1, -0.05) is 192 Å². The van der Waals surface area contributed by atoms with E-state index in [0.717, 1.165) is 38.5 Å². The maximum Gasteiger partial charge on any atom is 0.220 e. The van der Waals surface area contributed by atoms with Crippen LogP contribution >= 0.6 is 0 Å². The van der Waals surface area contributed by atoms with Crippen LogP contribution in [0.2, 0.25) is 0 Å². The first kappa shape index (κ1) is 62.6. The fraction of sp³-hybridized carbons (Fsp3) is 0.907. The molecule has 0 saturated carbocycles. The zero-order chi connectivity index (χ0) is 49.6. The van der Waals surface area contributed by atoms with Crippen molar-refractivity contribution in [2.75, 3.05) is 19.8 Å². The molecule has 12 atom stereocenters. The second-order valence-corrected chi connectivity index (χ2v) is 19.7. The Balaban J connectivity index is 1.78. The molecule has 400 valence electrons. The summed E-state index contributed by atoms with van der Waals surface area (Å²) in [6.45, 7) is 2.79. The molecule has 0 radical (unpaired) electrons. The van der Waals surface area contributed by atoms with Gasteiger partial charge >= 0.3 is 0 Å². The smallest absolute Gasteiger partial charge is 0.220 e. The SMILES string of the molecule is CCCCCCCCC=CCCCCCCCCCCCCCC(=O)N[C@@H](CO[C@@H]1O[C@H](CO)[C@@H](O[C@@H]2O[C@H](CO)[C@H](O)[C@H](O)[C@H]2O)[C@H](O)C1O)[C@H](O)C=CCCCCCCCCCCCCC. The minimum atomic E-state index is -1.79. The van der Waals surface area contributed by atoms with Crippen molar-refractivity contribution in [3.8, 4) is 0 Å². The number of ether oxygens (including phenoxy) is 4. The molecule has 14 heteroatoms. The van der Waals surface area contributed by atoms with Crippen LogP contribution < -0.4 is 5.32 Å². The predicted molar refractivity (Wildman–Crippen MR) is 268 cm³/mol. The Morgan fingerprint density at radius 3 is 1.40 bits per heavy atom. The number of rotatable bonds is 43. The molecule has 14 nitrogen and oxygen atoms in total. The molecule has 9 N–H and O–H groups in total. The summed E-state index contributed by atoms with van der Waals surface area (Å²) in [7, 11) is 0. The third-order valence-corrected chi connectivity index (χ3v) is 13.6. The average molecular weight is 972 g/mol. The van der Waals surface area contributed by atoms with Crippen LogP contribution in [-0.4, -0.2) is 140 Å². The van der Waals surface area contributed by atoms with Gasteiger partial charge in [0, 0.05) is 6.42 Å². The third-order valence-electron chi connectivity index (χ3n) is 13.6. The van der Waals surface area contributed by atoms with E-state index < -0.39 is 86.8 Å². The minimum absolute atomic E-state index is 0.240. The lowest BCUT2D eigenvalue weighted by molar-refractivity contribution is -0.359. The molecule has 2 aliphatic heterocycles. The lowest BCUT2D eigenvalue weighted by atomic mass is 9.97. The molecule has 0 aromatic rings. The highest BCUT2D eigenvalue weighted by atomic mass is 16.7. The van der Waals surface area contributed by atoms with Gasteiger partial charge in [-0.3, -0.25) is 4.79 Å². The summed E-state index contributed by atoms with van der Waals surface area (Å²) < 4.78 is 22.7. The minimum Gasteiger partial charge on any atom is -0.394 e. The molecule has 2 saturated heterocycles. The number of aliphatic hydroxyl groups excluding tert-OH is 8. The standard InChI is InChI=1S/C54H101NO13/c1-3-5-7-9-11-13-15-17-18-19-20-21-22-23-24-26-28-30-32-34-36-38-46(59)55-42(43(58)37-35-33-31-29-27-25-16-14-12-10-8-6-4-2)41-65-53-51(64)49(62)52(45(40-57)67-53)68-54-50(63)48(61)47(60)44(39-56)66-54/h17-18,35,37,42-45,47-54,56-58,60-64H,3-16,19-34,36,38-41H2,1-2H3,(H,55,59)/t42-,43+,44+,45+,47-,48-,49+,50+,51?,52+,53+,54-/m0/s1. The van der Waals surface area contributed by atoms with E-state index in [4.69, 9.17) is 18.9 Å². The van der Waals surface area contributed by atoms with E-state index in [9.17, 15) is 45.6 Å². The zero-order valence-corrected chi connectivity index (χ0v) is 42.6. The molecule has 2 heterocycles. The summed E-state index contributed by atoms with van der Waals surface area (Å²) in [5, 5.41) is 86.8. The molecule has 0 aliphatic carbocycles.